The summed E-state index contributed by atoms with van der Waals surface area (Å²) in [5.74, 6) is -2.19. The van der Waals surface area contributed by atoms with Gasteiger partial charge in [0.25, 0.3) is 5.91 Å². The van der Waals surface area contributed by atoms with Crippen molar-refractivity contribution in [2.45, 2.75) is 217 Å². The molecule has 0 aromatic carbocycles. The van der Waals surface area contributed by atoms with Crippen molar-refractivity contribution >= 4 is 11.9 Å². The highest BCUT2D eigenvalue weighted by Crippen LogP contribution is 2.22. The normalized spacial score (nSPS) is 22.2. The van der Waals surface area contributed by atoms with E-state index in [1.807, 2.05) is 0 Å². The Balaban J connectivity index is 2.53. The fourth-order valence-electron chi connectivity index (χ4n) is 6.49. The first kappa shape index (κ1) is 49.4. The number of hydrogen-bond donors (Lipinski definition) is 7. The lowest BCUT2D eigenvalue weighted by atomic mass is 9.99. The molecule has 1 heterocycles. The van der Waals surface area contributed by atoms with Gasteiger partial charge in [-0.2, -0.15) is 0 Å². The Hall–Kier alpha value is -1.64. The summed E-state index contributed by atoms with van der Waals surface area (Å²) in [7, 11) is 0. The molecule has 1 aliphatic heterocycles. The maximum absolute atomic E-state index is 12.9. The Bertz CT molecular complexity index is 920. The van der Waals surface area contributed by atoms with Crippen molar-refractivity contribution in [2.75, 3.05) is 19.8 Å². The van der Waals surface area contributed by atoms with Gasteiger partial charge in [-0.1, -0.05) is 161 Å². The van der Waals surface area contributed by atoms with Crippen LogP contribution in [0.3, 0.4) is 0 Å². The fourth-order valence-corrected chi connectivity index (χ4v) is 6.49. The molecule has 1 saturated heterocycles. The molecule has 0 aromatic rings. The number of allylic oxidation sites excluding steroid dienone is 1. The minimum atomic E-state index is -2.13. The summed E-state index contributed by atoms with van der Waals surface area (Å²) in [6.45, 7) is 3.41. The molecular weight excluding hydrogens is 682 g/mol. The van der Waals surface area contributed by atoms with E-state index in [0.717, 1.165) is 38.5 Å². The Morgan fingerprint density at radius 3 is 1.64 bits per heavy atom. The minimum Gasteiger partial charge on any atom is -0.463 e. The van der Waals surface area contributed by atoms with Gasteiger partial charge in [0.05, 0.1) is 32.0 Å². The predicted octanol–water partition coefficient (Wildman–Crippen LogP) is 5.51. The number of aliphatic hydroxyl groups is 6. The summed E-state index contributed by atoms with van der Waals surface area (Å²) >= 11 is 0. The molecule has 0 spiro atoms. The van der Waals surface area contributed by atoms with Crippen molar-refractivity contribution in [2.24, 2.45) is 0 Å². The lowest BCUT2D eigenvalue weighted by Gasteiger charge is -2.40. The zero-order valence-electron chi connectivity index (χ0n) is 33.1. The Morgan fingerprint density at radius 1 is 0.679 bits per heavy atom. The zero-order chi connectivity index (χ0) is 39.1. The molecule has 1 fully saturated rings. The predicted molar refractivity (Wildman–Crippen MR) is 206 cm³/mol. The highest BCUT2D eigenvalue weighted by atomic mass is 16.7. The molecule has 1 aliphatic rings. The van der Waals surface area contributed by atoms with Gasteiger partial charge in [-0.05, 0) is 19.3 Å². The van der Waals surface area contributed by atoms with Gasteiger partial charge >= 0.3 is 5.97 Å². The van der Waals surface area contributed by atoms with Crippen molar-refractivity contribution < 1.29 is 54.4 Å². The summed E-state index contributed by atoms with van der Waals surface area (Å²) in [6, 6.07) is -1.19. The van der Waals surface area contributed by atoms with E-state index in [0.29, 0.717) is 12.8 Å². The third-order valence-corrected chi connectivity index (χ3v) is 10.0. The van der Waals surface area contributed by atoms with Crippen LogP contribution in [0.25, 0.3) is 0 Å². The van der Waals surface area contributed by atoms with E-state index < -0.39 is 74.0 Å². The van der Waals surface area contributed by atoms with Crippen molar-refractivity contribution in [3.05, 3.63) is 12.2 Å². The number of carbonyl (C=O) groups is 2. The largest absolute Gasteiger partial charge is 0.463 e. The van der Waals surface area contributed by atoms with Crippen molar-refractivity contribution in [1.82, 2.24) is 5.32 Å². The molecule has 12 nitrogen and oxygen atoms in total. The van der Waals surface area contributed by atoms with Crippen molar-refractivity contribution in [3.8, 4) is 0 Å². The molecule has 53 heavy (non-hydrogen) atoms. The fraction of sp³-hybridized carbons (Fsp3) is 0.902. The summed E-state index contributed by atoms with van der Waals surface area (Å²) in [6.07, 6.45) is 20.2. The minimum absolute atomic E-state index is 0.0780. The standard InChI is InChI=1S/C41H77NO11/c1-3-5-7-9-11-13-15-17-18-20-22-24-26-28-33(44)32(31-52-41-37(47)36(46)35(45)34(30-43)53-41)42-39(49)38(48)40(50)51-29-27-25-23-21-19-16-14-12-10-8-6-4-2/h26,28,32-38,41,43-48H,3-25,27,29-31H2,1-2H3,(H,42,49)/b28-26+/t32?,33?,34-,35+,36+,37-,38?,41-/m1/s1. The molecule has 0 saturated carbocycles. The van der Waals surface area contributed by atoms with E-state index in [4.69, 9.17) is 14.2 Å². The van der Waals surface area contributed by atoms with Gasteiger partial charge in [0, 0.05) is 0 Å². The molecule has 7 N–H and O–H groups in total. The number of rotatable bonds is 34. The Morgan fingerprint density at radius 2 is 1.15 bits per heavy atom. The number of ether oxygens (including phenoxy) is 3. The highest BCUT2D eigenvalue weighted by Gasteiger charge is 2.44. The maximum Gasteiger partial charge on any atom is 0.344 e. The number of hydrogen-bond acceptors (Lipinski definition) is 11. The Labute approximate surface area is 320 Å². The SMILES string of the molecule is CCCCCCCCCCCCC/C=C/C(O)C(CO[C@@H]1O[C@H](CO)[C@H](O)[C@H](O)[C@H]1O)NC(=O)C(O)C(=O)OCCCCCCCCCCCCCC. The molecule has 0 bridgehead atoms. The first-order valence-corrected chi connectivity index (χ1v) is 21.1. The summed E-state index contributed by atoms with van der Waals surface area (Å²) in [5, 5.41) is 63.8. The van der Waals surface area contributed by atoms with Crippen LogP contribution < -0.4 is 5.32 Å². The average Bonchev–Trinajstić information content (AvgIpc) is 3.16. The number of aliphatic hydroxyl groups excluding tert-OH is 6. The van der Waals surface area contributed by atoms with E-state index >= 15 is 0 Å². The molecule has 1 amide bonds. The highest BCUT2D eigenvalue weighted by molar-refractivity contribution is 6.00. The lowest BCUT2D eigenvalue weighted by Crippen LogP contribution is -2.60. The van der Waals surface area contributed by atoms with E-state index in [9.17, 15) is 40.2 Å². The van der Waals surface area contributed by atoms with Crippen LogP contribution in [0.4, 0.5) is 0 Å². The molecule has 8 atom stereocenters. The first-order valence-electron chi connectivity index (χ1n) is 21.1. The van der Waals surface area contributed by atoms with E-state index in [1.165, 1.54) is 109 Å². The van der Waals surface area contributed by atoms with E-state index in [2.05, 4.69) is 19.2 Å². The quantitative estimate of drug-likeness (QED) is 0.0189. The van der Waals surface area contributed by atoms with Crippen LogP contribution in [0.2, 0.25) is 0 Å². The monoisotopic (exact) mass is 760 g/mol. The third kappa shape index (κ3) is 23.1. The van der Waals surface area contributed by atoms with Crippen LogP contribution in [0.1, 0.15) is 168 Å². The second-order valence-electron chi connectivity index (χ2n) is 14.8. The number of esters is 1. The molecule has 1 rings (SSSR count). The molecule has 312 valence electrons. The Kier molecular flexibility index (Phi) is 30.4. The molecule has 0 aromatic heterocycles. The van der Waals surface area contributed by atoms with Crippen molar-refractivity contribution in [1.29, 1.82) is 0 Å². The first-order chi connectivity index (χ1) is 25.7. The second kappa shape index (κ2) is 32.6. The van der Waals surface area contributed by atoms with Crippen molar-refractivity contribution in [3.63, 3.8) is 0 Å². The summed E-state index contributed by atoms with van der Waals surface area (Å²) in [5.41, 5.74) is 0. The molecular formula is C41H77NO11. The average molecular weight is 760 g/mol. The van der Waals surface area contributed by atoms with Crippen LogP contribution in [0.15, 0.2) is 12.2 Å². The van der Waals surface area contributed by atoms with E-state index in [-0.39, 0.29) is 6.61 Å². The van der Waals surface area contributed by atoms with Gasteiger partial charge in [0.1, 0.15) is 24.4 Å². The van der Waals surface area contributed by atoms with Crippen LogP contribution in [0, 0.1) is 0 Å². The smallest absolute Gasteiger partial charge is 0.344 e. The number of nitrogens with one attached hydrogen (secondary N) is 1. The second-order valence-corrected chi connectivity index (χ2v) is 14.8. The van der Waals surface area contributed by atoms with Crippen LogP contribution in [-0.4, -0.2) is 111 Å². The molecule has 0 radical (unpaired) electrons. The van der Waals surface area contributed by atoms with E-state index in [1.54, 1.807) is 6.08 Å². The summed E-state index contributed by atoms with van der Waals surface area (Å²) in [4.78, 5) is 25.4. The number of unbranched alkanes of at least 4 members (excludes halogenated alkanes) is 22. The maximum atomic E-state index is 12.9. The lowest BCUT2D eigenvalue weighted by molar-refractivity contribution is -0.302. The van der Waals surface area contributed by atoms with Gasteiger partial charge in [-0.25, -0.2) is 4.79 Å². The number of amides is 1. The van der Waals surface area contributed by atoms with Crippen LogP contribution in [-0.2, 0) is 23.8 Å². The molecule has 0 aliphatic carbocycles. The van der Waals surface area contributed by atoms with Gasteiger partial charge in [0.2, 0.25) is 6.10 Å². The van der Waals surface area contributed by atoms with Crippen LogP contribution in [0.5, 0.6) is 0 Å². The number of carbonyl (C=O) groups excluding carboxylic acids is 2. The van der Waals surface area contributed by atoms with Gasteiger partial charge in [-0.15, -0.1) is 0 Å². The zero-order valence-corrected chi connectivity index (χ0v) is 33.1. The van der Waals surface area contributed by atoms with Gasteiger partial charge < -0.3 is 50.2 Å². The van der Waals surface area contributed by atoms with Crippen LogP contribution >= 0.6 is 0 Å². The summed E-state index contributed by atoms with van der Waals surface area (Å²) < 4.78 is 16.1. The van der Waals surface area contributed by atoms with Gasteiger partial charge in [0.15, 0.2) is 6.29 Å². The molecule has 12 heteroatoms. The van der Waals surface area contributed by atoms with Gasteiger partial charge in [-0.3, -0.25) is 4.79 Å². The topological polar surface area (TPSA) is 195 Å². The molecule has 3 unspecified atom stereocenters. The third-order valence-electron chi connectivity index (χ3n) is 10.0.